The molecule has 1 saturated heterocycles. The monoisotopic (exact) mass is 390 g/mol. The topological polar surface area (TPSA) is 39.7 Å². The zero-order chi connectivity index (χ0) is 19.5. The van der Waals surface area contributed by atoms with Gasteiger partial charge in [0.2, 0.25) is 0 Å². The van der Waals surface area contributed by atoms with Crippen LogP contribution in [0.25, 0.3) is 0 Å². The molecule has 2 rings (SSSR count). The smallest absolute Gasteiger partial charge is 0.357 e. The Hall–Kier alpha value is -0.980. The van der Waals surface area contributed by atoms with Crippen LogP contribution in [0.3, 0.4) is 0 Å². The van der Waals surface area contributed by atoms with Crippen molar-refractivity contribution in [3.63, 3.8) is 0 Å². The number of likely N-dealkylation sites (tertiary alicyclic amines) is 1. The third-order valence-corrected chi connectivity index (χ3v) is 5.73. The van der Waals surface area contributed by atoms with Crippen LogP contribution in [0.5, 0.6) is 0 Å². The molecule has 0 bridgehead atoms. The average molecular weight is 391 g/mol. The molecule has 1 saturated carbocycles. The lowest BCUT2D eigenvalue weighted by atomic mass is 9.85. The summed E-state index contributed by atoms with van der Waals surface area (Å²) in [5.74, 6) is -0.376. The molecule has 27 heavy (non-hydrogen) atoms. The van der Waals surface area contributed by atoms with Crippen molar-refractivity contribution in [3.8, 4) is 0 Å². The summed E-state index contributed by atoms with van der Waals surface area (Å²) < 4.78 is 38.3. The molecule has 0 aromatic carbocycles. The highest BCUT2D eigenvalue weighted by molar-refractivity contribution is 5.80. The van der Waals surface area contributed by atoms with Crippen LogP contribution in [0.1, 0.15) is 71.1 Å². The molecule has 1 aliphatic heterocycles. The van der Waals surface area contributed by atoms with Crippen molar-refractivity contribution >= 4 is 5.96 Å². The number of rotatable bonds is 8. The zero-order valence-electron chi connectivity index (χ0n) is 16.8. The number of hydrogen-bond acceptors (Lipinski definition) is 2. The van der Waals surface area contributed by atoms with Crippen molar-refractivity contribution in [2.75, 3.05) is 32.7 Å². The molecule has 2 aliphatic rings. The van der Waals surface area contributed by atoms with E-state index in [0.29, 0.717) is 12.8 Å². The summed E-state index contributed by atoms with van der Waals surface area (Å²) in [5.41, 5.74) is 0. The number of alkyl halides is 3. The van der Waals surface area contributed by atoms with Gasteiger partial charge in [0.25, 0.3) is 0 Å². The standard InChI is InChI=1S/C20H37F3N4/c1-2-24-19(26-18-11-9-17(10-12-18)20(21,22)23)25-13-5-3-6-14-27-15-7-4-8-16-27/h17-18H,2-16H2,1H3,(H2,24,25,26). The van der Waals surface area contributed by atoms with Gasteiger partial charge in [-0.1, -0.05) is 12.8 Å². The van der Waals surface area contributed by atoms with Gasteiger partial charge in [-0.2, -0.15) is 13.2 Å². The van der Waals surface area contributed by atoms with E-state index in [-0.39, 0.29) is 18.9 Å². The van der Waals surface area contributed by atoms with Gasteiger partial charge in [-0.15, -0.1) is 0 Å². The van der Waals surface area contributed by atoms with Crippen LogP contribution < -0.4 is 10.6 Å². The van der Waals surface area contributed by atoms with Crippen molar-refractivity contribution in [1.29, 1.82) is 0 Å². The van der Waals surface area contributed by atoms with E-state index in [9.17, 15) is 13.2 Å². The minimum Gasteiger partial charge on any atom is -0.357 e. The lowest BCUT2D eigenvalue weighted by Crippen LogP contribution is -2.45. The molecule has 0 atom stereocenters. The Balaban J connectivity index is 1.62. The van der Waals surface area contributed by atoms with Gasteiger partial charge < -0.3 is 15.5 Å². The quantitative estimate of drug-likeness (QED) is 0.368. The first kappa shape index (κ1) is 22.3. The zero-order valence-corrected chi connectivity index (χ0v) is 16.8. The number of piperidine rings is 1. The first-order valence-corrected chi connectivity index (χ1v) is 10.8. The van der Waals surface area contributed by atoms with Crippen LogP contribution in [-0.2, 0) is 0 Å². The molecule has 0 aromatic heterocycles. The normalized spacial score (nSPS) is 25.4. The summed E-state index contributed by atoms with van der Waals surface area (Å²) in [6.45, 7) is 7.25. The Labute approximate surface area is 162 Å². The Morgan fingerprint density at radius 2 is 1.70 bits per heavy atom. The molecule has 0 aromatic rings. The van der Waals surface area contributed by atoms with Crippen LogP contribution in [0.2, 0.25) is 0 Å². The van der Waals surface area contributed by atoms with E-state index in [1.54, 1.807) is 0 Å². The first-order valence-electron chi connectivity index (χ1n) is 10.8. The summed E-state index contributed by atoms with van der Waals surface area (Å²) in [6, 6.07) is 0.0977. The van der Waals surface area contributed by atoms with Crippen molar-refractivity contribution < 1.29 is 13.2 Å². The van der Waals surface area contributed by atoms with Gasteiger partial charge in [0.05, 0.1) is 5.92 Å². The number of guanidine groups is 1. The van der Waals surface area contributed by atoms with Crippen LogP contribution in [-0.4, -0.2) is 55.8 Å². The second kappa shape index (κ2) is 11.8. The van der Waals surface area contributed by atoms with Crippen molar-refractivity contribution in [3.05, 3.63) is 0 Å². The van der Waals surface area contributed by atoms with Gasteiger partial charge in [0, 0.05) is 19.1 Å². The molecule has 0 spiro atoms. The summed E-state index contributed by atoms with van der Waals surface area (Å²) in [4.78, 5) is 7.18. The third kappa shape index (κ3) is 8.71. The fourth-order valence-electron chi connectivity index (χ4n) is 4.08. The molecule has 7 heteroatoms. The average Bonchev–Trinajstić information content (AvgIpc) is 2.65. The lowest BCUT2D eigenvalue weighted by molar-refractivity contribution is -0.182. The lowest BCUT2D eigenvalue weighted by Gasteiger charge is -2.31. The van der Waals surface area contributed by atoms with Gasteiger partial charge >= 0.3 is 6.18 Å². The number of nitrogens with one attached hydrogen (secondary N) is 2. The number of nitrogens with zero attached hydrogens (tertiary/aromatic N) is 2. The van der Waals surface area contributed by atoms with E-state index in [1.165, 1.54) is 51.7 Å². The summed E-state index contributed by atoms with van der Waals surface area (Å²) in [7, 11) is 0. The van der Waals surface area contributed by atoms with Crippen molar-refractivity contribution in [2.45, 2.75) is 83.4 Å². The molecular formula is C20H37F3N4. The Morgan fingerprint density at radius 1 is 1.00 bits per heavy atom. The summed E-state index contributed by atoms with van der Waals surface area (Å²) in [6.07, 6.45) is 5.03. The highest BCUT2D eigenvalue weighted by atomic mass is 19.4. The third-order valence-electron chi connectivity index (χ3n) is 5.73. The molecule has 1 heterocycles. The second-order valence-electron chi connectivity index (χ2n) is 7.96. The van der Waals surface area contributed by atoms with Crippen LogP contribution in [0, 0.1) is 5.92 Å². The van der Waals surface area contributed by atoms with Crippen LogP contribution >= 0.6 is 0 Å². The maximum absolute atomic E-state index is 12.8. The molecule has 0 radical (unpaired) electrons. The SMILES string of the molecule is CCNC(=NCCCCCN1CCCCC1)NC1CCC(C(F)(F)F)CC1. The fourth-order valence-corrected chi connectivity index (χ4v) is 4.08. The number of aliphatic imine (C=N–C) groups is 1. The highest BCUT2D eigenvalue weighted by Crippen LogP contribution is 2.37. The van der Waals surface area contributed by atoms with Gasteiger partial charge in [0.15, 0.2) is 5.96 Å². The number of unbranched alkanes of at least 4 members (excludes halogenated alkanes) is 2. The van der Waals surface area contributed by atoms with Crippen LogP contribution in [0.4, 0.5) is 13.2 Å². The molecular weight excluding hydrogens is 353 g/mol. The second-order valence-corrected chi connectivity index (χ2v) is 7.96. The number of hydrogen-bond donors (Lipinski definition) is 2. The van der Waals surface area contributed by atoms with Gasteiger partial charge in [-0.05, 0) is 77.9 Å². The van der Waals surface area contributed by atoms with Gasteiger partial charge in [0.1, 0.15) is 0 Å². The van der Waals surface area contributed by atoms with Crippen molar-refractivity contribution in [2.24, 2.45) is 10.9 Å². The van der Waals surface area contributed by atoms with Crippen molar-refractivity contribution in [1.82, 2.24) is 15.5 Å². The molecule has 0 amide bonds. The predicted molar refractivity (Wildman–Crippen MR) is 105 cm³/mol. The molecule has 0 unspecified atom stereocenters. The fraction of sp³-hybridized carbons (Fsp3) is 0.950. The molecule has 158 valence electrons. The Bertz CT molecular complexity index is 425. The summed E-state index contributed by atoms with van der Waals surface area (Å²) in [5, 5.41) is 6.56. The van der Waals surface area contributed by atoms with E-state index in [4.69, 9.17) is 0 Å². The van der Waals surface area contributed by atoms with E-state index in [1.807, 2.05) is 6.92 Å². The first-order chi connectivity index (χ1) is 13.0. The van der Waals surface area contributed by atoms with E-state index in [2.05, 4.69) is 20.5 Å². The molecule has 4 nitrogen and oxygen atoms in total. The molecule has 2 N–H and O–H groups in total. The van der Waals surface area contributed by atoms with Crippen LogP contribution in [0.15, 0.2) is 4.99 Å². The molecule has 2 fully saturated rings. The Kier molecular flexibility index (Phi) is 9.73. The minimum atomic E-state index is -4.04. The largest absolute Gasteiger partial charge is 0.391 e. The van der Waals surface area contributed by atoms with E-state index in [0.717, 1.165) is 25.5 Å². The predicted octanol–water partition coefficient (Wildman–Crippen LogP) is 4.32. The van der Waals surface area contributed by atoms with E-state index < -0.39 is 12.1 Å². The highest BCUT2D eigenvalue weighted by Gasteiger charge is 2.41. The summed E-state index contributed by atoms with van der Waals surface area (Å²) >= 11 is 0. The minimum absolute atomic E-state index is 0.0977. The molecule has 1 aliphatic carbocycles. The van der Waals surface area contributed by atoms with Gasteiger partial charge in [-0.25, -0.2) is 0 Å². The van der Waals surface area contributed by atoms with E-state index >= 15 is 0 Å². The maximum atomic E-state index is 12.8. The maximum Gasteiger partial charge on any atom is 0.391 e. The number of halogens is 3. The Morgan fingerprint density at radius 3 is 2.33 bits per heavy atom. The van der Waals surface area contributed by atoms with Gasteiger partial charge in [-0.3, -0.25) is 4.99 Å².